The Morgan fingerprint density at radius 3 is 3.09 bits per heavy atom. The van der Waals surface area contributed by atoms with E-state index in [1.54, 1.807) is 6.07 Å². The predicted molar refractivity (Wildman–Crippen MR) is 40.5 cm³/mol. The van der Waals surface area contributed by atoms with Gasteiger partial charge in [0.25, 0.3) is 0 Å². The molecule has 3 nitrogen and oxygen atoms in total. The van der Waals surface area contributed by atoms with Crippen molar-refractivity contribution in [3.05, 3.63) is 35.0 Å². The van der Waals surface area contributed by atoms with Crippen LogP contribution in [0.2, 0.25) is 0 Å². The Bertz CT molecular complexity index is 307. The lowest BCUT2D eigenvalue weighted by atomic mass is 10.1. The summed E-state index contributed by atoms with van der Waals surface area (Å²) in [6, 6.07) is 7.50. The Kier molecular flexibility index (Phi) is 1.28. The molecule has 0 atom stereocenters. The van der Waals surface area contributed by atoms with Crippen LogP contribution in [0.5, 0.6) is 5.75 Å². The van der Waals surface area contributed by atoms with Gasteiger partial charge in [-0.2, -0.15) is 0 Å². The van der Waals surface area contributed by atoms with Gasteiger partial charge in [0.1, 0.15) is 0 Å². The van der Waals surface area contributed by atoms with E-state index in [4.69, 9.17) is 4.84 Å². The number of nitrogens with zero attached hydrogens (tertiary/aromatic N) is 1. The molecule has 0 radical (unpaired) electrons. The smallest absolute Gasteiger partial charge is 0.214 e. The summed E-state index contributed by atoms with van der Waals surface area (Å²) >= 11 is 0. The van der Waals surface area contributed by atoms with E-state index in [0.717, 1.165) is 5.56 Å². The summed E-state index contributed by atoms with van der Waals surface area (Å²) in [6.45, 7) is 0. The van der Waals surface area contributed by atoms with Crippen molar-refractivity contribution in [1.82, 2.24) is 0 Å². The van der Waals surface area contributed by atoms with Gasteiger partial charge in [-0.15, -0.1) is 0 Å². The van der Waals surface area contributed by atoms with Crippen molar-refractivity contribution in [3.63, 3.8) is 0 Å². The highest BCUT2D eigenvalue weighted by molar-refractivity contribution is 5.59. The Morgan fingerprint density at radius 2 is 2.18 bits per heavy atom. The lowest BCUT2D eigenvalue weighted by molar-refractivity contribution is -0.692. The maximum atomic E-state index is 10.7. The normalized spacial score (nSPS) is 14.7. The van der Waals surface area contributed by atoms with Gasteiger partial charge in [-0.25, -0.2) is 0 Å². The average molecular weight is 149 g/mol. The summed E-state index contributed by atoms with van der Waals surface area (Å²) in [7, 11) is 0. The lowest BCUT2D eigenvalue weighted by Gasteiger charge is -2.13. The first-order valence-corrected chi connectivity index (χ1v) is 3.42. The maximum Gasteiger partial charge on any atom is 0.214 e. The van der Waals surface area contributed by atoms with E-state index in [1.165, 1.54) is 6.21 Å². The van der Waals surface area contributed by atoms with Gasteiger partial charge < -0.3 is 4.84 Å². The number of rotatable bonds is 0. The van der Waals surface area contributed by atoms with Crippen LogP contribution in [0.4, 0.5) is 0 Å². The monoisotopic (exact) mass is 149 g/mol. The van der Waals surface area contributed by atoms with E-state index < -0.39 is 0 Å². The first-order valence-electron chi connectivity index (χ1n) is 3.42. The van der Waals surface area contributed by atoms with Crippen LogP contribution in [0.15, 0.2) is 24.3 Å². The fourth-order valence-corrected chi connectivity index (χ4v) is 1.07. The van der Waals surface area contributed by atoms with Gasteiger partial charge >= 0.3 is 0 Å². The molecule has 11 heavy (non-hydrogen) atoms. The first-order chi connectivity index (χ1) is 5.36. The van der Waals surface area contributed by atoms with Gasteiger partial charge in [-0.05, 0) is 11.6 Å². The first kappa shape index (κ1) is 6.22. The molecule has 0 saturated heterocycles. The van der Waals surface area contributed by atoms with Crippen LogP contribution in [-0.2, 0) is 6.42 Å². The van der Waals surface area contributed by atoms with E-state index in [1.807, 2.05) is 18.2 Å². The third-order valence-electron chi connectivity index (χ3n) is 1.62. The molecule has 0 unspecified atom stereocenters. The molecule has 0 spiro atoms. The van der Waals surface area contributed by atoms with E-state index in [9.17, 15) is 5.21 Å². The number of benzene rings is 1. The molecular formula is C8H7NO2. The molecule has 0 amide bonds. The van der Waals surface area contributed by atoms with E-state index in [2.05, 4.69) is 0 Å². The summed E-state index contributed by atoms with van der Waals surface area (Å²) in [5.74, 6) is 0.657. The van der Waals surface area contributed by atoms with Crippen LogP contribution in [0.3, 0.4) is 0 Å². The number of hydrogen-bond donors (Lipinski definition) is 0. The highest BCUT2D eigenvalue weighted by Crippen LogP contribution is 2.19. The largest absolute Gasteiger partial charge is 0.368 e. The minimum absolute atomic E-state index is 0.488. The Balaban J connectivity index is 2.42. The standard InChI is InChI=1S/C8H7NO2/c10-9-6-5-7-3-1-2-4-8(7)11-9/h1-4,6H,5H2. The maximum absolute atomic E-state index is 10.7. The second-order valence-electron chi connectivity index (χ2n) is 2.37. The Morgan fingerprint density at radius 1 is 1.36 bits per heavy atom. The molecule has 0 aliphatic carbocycles. The number of para-hydroxylation sites is 1. The van der Waals surface area contributed by atoms with Gasteiger partial charge in [-0.1, -0.05) is 18.2 Å². The molecule has 56 valence electrons. The zero-order chi connectivity index (χ0) is 7.68. The van der Waals surface area contributed by atoms with Crippen LogP contribution in [0, 0.1) is 5.21 Å². The second kappa shape index (κ2) is 2.27. The van der Waals surface area contributed by atoms with Crippen molar-refractivity contribution < 1.29 is 9.74 Å². The van der Waals surface area contributed by atoms with Gasteiger partial charge in [0.05, 0.1) is 12.2 Å². The van der Waals surface area contributed by atoms with Crippen molar-refractivity contribution in [2.75, 3.05) is 0 Å². The summed E-state index contributed by atoms with van der Waals surface area (Å²) in [5.41, 5.74) is 1.06. The average Bonchev–Trinajstić information content (AvgIpc) is 2.04. The van der Waals surface area contributed by atoms with Gasteiger partial charge in [0, 0.05) is 4.90 Å². The van der Waals surface area contributed by atoms with Crippen molar-refractivity contribution in [2.45, 2.75) is 6.42 Å². The zero-order valence-electron chi connectivity index (χ0n) is 5.86. The number of fused-ring (bicyclic) bond motifs is 1. The van der Waals surface area contributed by atoms with Crippen molar-refractivity contribution >= 4 is 6.21 Å². The van der Waals surface area contributed by atoms with Gasteiger partial charge in [0.2, 0.25) is 6.21 Å². The SMILES string of the molecule is [O-][N+]1=CCc2ccccc2O1. The van der Waals surface area contributed by atoms with E-state index >= 15 is 0 Å². The van der Waals surface area contributed by atoms with Crippen LogP contribution in [0.1, 0.15) is 5.56 Å². The molecule has 1 aliphatic heterocycles. The van der Waals surface area contributed by atoms with Gasteiger partial charge in [-0.3, -0.25) is 5.21 Å². The summed E-state index contributed by atoms with van der Waals surface area (Å²) in [4.78, 5) is 5.34. The van der Waals surface area contributed by atoms with Crippen molar-refractivity contribution in [3.8, 4) is 5.75 Å². The molecule has 1 heterocycles. The second-order valence-corrected chi connectivity index (χ2v) is 2.37. The van der Waals surface area contributed by atoms with Gasteiger partial charge in [0.15, 0.2) is 0 Å². The Labute approximate surface area is 64.1 Å². The molecule has 0 aromatic heterocycles. The van der Waals surface area contributed by atoms with E-state index in [-0.39, 0.29) is 0 Å². The molecule has 0 fully saturated rings. The van der Waals surface area contributed by atoms with Crippen molar-refractivity contribution in [1.29, 1.82) is 0 Å². The Hall–Kier alpha value is -1.51. The van der Waals surface area contributed by atoms with Crippen LogP contribution in [0.25, 0.3) is 0 Å². The van der Waals surface area contributed by atoms with Crippen LogP contribution >= 0.6 is 0 Å². The minimum Gasteiger partial charge on any atom is -0.368 e. The molecule has 0 bridgehead atoms. The molecule has 1 aliphatic rings. The predicted octanol–water partition coefficient (Wildman–Crippen LogP) is 1.12. The molecule has 0 saturated carbocycles. The minimum atomic E-state index is 0.488. The lowest BCUT2D eigenvalue weighted by Crippen LogP contribution is -2.17. The molecule has 2 rings (SSSR count). The van der Waals surface area contributed by atoms with Crippen molar-refractivity contribution in [2.24, 2.45) is 0 Å². The molecule has 0 N–H and O–H groups in total. The molecule has 1 aromatic carbocycles. The summed E-state index contributed by atoms with van der Waals surface area (Å²) in [5, 5.41) is 10.7. The third kappa shape index (κ3) is 1.05. The fourth-order valence-electron chi connectivity index (χ4n) is 1.07. The van der Waals surface area contributed by atoms with E-state index in [0.29, 0.717) is 17.1 Å². The highest BCUT2D eigenvalue weighted by Gasteiger charge is 2.08. The summed E-state index contributed by atoms with van der Waals surface area (Å²) < 4.78 is 0. The molecular weight excluding hydrogens is 142 g/mol. The quantitative estimate of drug-likeness (QED) is 0.518. The zero-order valence-corrected chi connectivity index (χ0v) is 5.86. The van der Waals surface area contributed by atoms with Crippen LogP contribution in [-0.4, -0.2) is 11.1 Å². The molecule has 1 aromatic rings. The topological polar surface area (TPSA) is 35.3 Å². The number of hydrogen-bond acceptors (Lipinski definition) is 2. The molecule has 3 heteroatoms. The van der Waals surface area contributed by atoms with Crippen LogP contribution < -0.4 is 4.84 Å². The fraction of sp³-hybridized carbons (Fsp3) is 0.125. The summed E-state index contributed by atoms with van der Waals surface area (Å²) in [6.07, 6.45) is 2.11. The highest BCUT2D eigenvalue weighted by atomic mass is 16.9. The third-order valence-corrected chi connectivity index (χ3v) is 1.62.